The molecular weight excluding hydrogens is 318 g/mol. The summed E-state index contributed by atoms with van der Waals surface area (Å²) in [5.74, 6) is 0.175. The number of benzene rings is 1. The second-order valence-corrected chi connectivity index (χ2v) is 7.73. The van der Waals surface area contributed by atoms with E-state index in [-0.39, 0.29) is 12.5 Å². The highest BCUT2D eigenvalue weighted by Gasteiger charge is 2.25. The zero-order valence-electron chi connectivity index (χ0n) is 12.5. The topological polar surface area (TPSA) is 66.4 Å². The fraction of sp³-hybridized carbons (Fsp3) is 0.312. The van der Waals surface area contributed by atoms with Gasteiger partial charge in [0.1, 0.15) is 5.60 Å². The Kier molecular flexibility index (Phi) is 5.50. The summed E-state index contributed by atoms with van der Waals surface area (Å²) >= 11 is 1.45. The first-order valence-corrected chi connectivity index (χ1v) is 9.43. The summed E-state index contributed by atoms with van der Waals surface area (Å²) in [6.07, 6.45) is 1.63. The Labute approximate surface area is 136 Å². The summed E-state index contributed by atoms with van der Waals surface area (Å²) in [7, 11) is -0.947. The van der Waals surface area contributed by atoms with Crippen LogP contribution >= 0.6 is 11.3 Å². The van der Waals surface area contributed by atoms with E-state index >= 15 is 0 Å². The van der Waals surface area contributed by atoms with Crippen LogP contribution in [0.5, 0.6) is 0 Å². The van der Waals surface area contributed by atoms with Crippen molar-refractivity contribution in [3.8, 4) is 0 Å². The molecule has 0 spiro atoms. The minimum atomic E-state index is -1.09. The number of nitrogens with one attached hydrogen (secondary N) is 1. The minimum absolute atomic E-state index is 0.135. The van der Waals surface area contributed by atoms with Crippen LogP contribution in [0.2, 0.25) is 0 Å². The van der Waals surface area contributed by atoms with Crippen molar-refractivity contribution in [1.82, 2.24) is 5.32 Å². The Morgan fingerprint density at radius 1 is 1.36 bits per heavy atom. The molecule has 0 aliphatic carbocycles. The van der Waals surface area contributed by atoms with E-state index in [9.17, 15) is 14.1 Å². The van der Waals surface area contributed by atoms with Gasteiger partial charge in [-0.3, -0.25) is 9.00 Å². The molecule has 0 aliphatic rings. The van der Waals surface area contributed by atoms with Gasteiger partial charge in [-0.2, -0.15) is 0 Å². The summed E-state index contributed by atoms with van der Waals surface area (Å²) in [4.78, 5) is 13.0. The summed E-state index contributed by atoms with van der Waals surface area (Å²) in [6, 6.07) is 10.8. The monoisotopic (exact) mass is 337 g/mol. The molecule has 1 heterocycles. The molecule has 1 aromatic heterocycles. The second-order valence-electron chi connectivity index (χ2n) is 5.35. The summed E-state index contributed by atoms with van der Waals surface area (Å²) in [5, 5.41) is 15.0. The Hall–Kier alpha value is -1.50. The molecule has 2 N–H and O–H groups in total. The third-order valence-corrected chi connectivity index (χ3v) is 5.07. The quantitative estimate of drug-likeness (QED) is 0.850. The number of carbonyl (C=O) groups excluding carboxylic acids is 1. The van der Waals surface area contributed by atoms with E-state index in [1.807, 2.05) is 23.6 Å². The Morgan fingerprint density at radius 3 is 2.77 bits per heavy atom. The Balaban J connectivity index is 2.02. The lowest BCUT2D eigenvalue weighted by Gasteiger charge is -2.22. The first-order valence-electron chi connectivity index (χ1n) is 6.82. The summed E-state index contributed by atoms with van der Waals surface area (Å²) in [5.41, 5.74) is 0.273. The van der Waals surface area contributed by atoms with Crippen molar-refractivity contribution < 1.29 is 14.1 Å². The first-order chi connectivity index (χ1) is 10.4. The SMILES string of the molecule is CS(=O)Cc1cccc(C(=O)NCC(C)(O)c2cccs2)c1. The van der Waals surface area contributed by atoms with Crippen molar-refractivity contribution in [3.05, 3.63) is 57.8 Å². The zero-order chi connectivity index (χ0) is 16.2. The van der Waals surface area contributed by atoms with Crippen molar-refractivity contribution >= 4 is 28.0 Å². The molecule has 22 heavy (non-hydrogen) atoms. The zero-order valence-corrected chi connectivity index (χ0v) is 14.2. The molecule has 0 saturated carbocycles. The molecule has 0 saturated heterocycles. The molecule has 0 fully saturated rings. The lowest BCUT2D eigenvalue weighted by atomic mass is 10.0. The smallest absolute Gasteiger partial charge is 0.251 e. The maximum atomic E-state index is 12.2. The van der Waals surface area contributed by atoms with Crippen LogP contribution < -0.4 is 5.32 Å². The van der Waals surface area contributed by atoms with Crippen LogP contribution in [0.4, 0.5) is 0 Å². The molecular formula is C16H19NO3S2. The van der Waals surface area contributed by atoms with Crippen molar-refractivity contribution in [3.63, 3.8) is 0 Å². The molecule has 2 aromatic rings. The van der Waals surface area contributed by atoms with Crippen LogP contribution in [0.3, 0.4) is 0 Å². The highest BCUT2D eigenvalue weighted by Crippen LogP contribution is 2.24. The third-order valence-electron chi connectivity index (χ3n) is 3.20. The molecule has 1 aromatic carbocycles. The summed E-state index contributed by atoms with van der Waals surface area (Å²) in [6.45, 7) is 1.81. The van der Waals surface area contributed by atoms with E-state index < -0.39 is 16.4 Å². The number of hydrogen-bond donors (Lipinski definition) is 2. The highest BCUT2D eigenvalue weighted by molar-refractivity contribution is 7.83. The van der Waals surface area contributed by atoms with Crippen molar-refractivity contribution in [2.75, 3.05) is 12.8 Å². The van der Waals surface area contributed by atoms with Gasteiger partial charge in [-0.15, -0.1) is 11.3 Å². The Bertz CT molecular complexity index is 666. The van der Waals surface area contributed by atoms with Gasteiger partial charge in [0, 0.05) is 33.2 Å². The van der Waals surface area contributed by atoms with Crippen LogP contribution in [0, 0.1) is 0 Å². The maximum Gasteiger partial charge on any atom is 0.251 e. The highest BCUT2D eigenvalue weighted by atomic mass is 32.2. The van der Waals surface area contributed by atoms with Crippen molar-refractivity contribution in [2.24, 2.45) is 0 Å². The van der Waals surface area contributed by atoms with E-state index in [0.717, 1.165) is 10.4 Å². The summed E-state index contributed by atoms with van der Waals surface area (Å²) < 4.78 is 11.3. The van der Waals surface area contributed by atoms with Crippen molar-refractivity contribution in [1.29, 1.82) is 0 Å². The predicted molar refractivity (Wildman–Crippen MR) is 90.4 cm³/mol. The molecule has 2 rings (SSSR count). The lowest BCUT2D eigenvalue weighted by Crippen LogP contribution is -2.38. The van der Waals surface area contributed by atoms with Crippen LogP contribution in [0.25, 0.3) is 0 Å². The van der Waals surface area contributed by atoms with Gasteiger partial charge in [0.2, 0.25) is 0 Å². The van der Waals surface area contributed by atoms with E-state index in [0.29, 0.717) is 11.3 Å². The first kappa shape index (κ1) is 16.9. The molecule has 4 nitrogen and oxygen atoms in total. The molecule has 6 heteroatoms. The van der Waals surface area contributed by atoms with E-state index in [4.69, 9.17) is 0 Å². The van der Waals surface area contributed by atoms with Crippen LogP contribution in [-0.2, 0) is 22.2 Å². The molecule has 1 amide bonds. The van der Waals surface area contributed by atoms with Gasteiger partial charge in [-0.05, 0) is 36.1 Å². The van der Waals surface area contributed by atoms with Crippen LogP contribution in [-0.4, -0.2) is 28.0 Å². The van der Waals surface area contributed by atoms with Gasteiger partial charge >= 0.3 is 0 Å². The van der Waals surface area contributed by atoms with Crippen LogP contribution in [0.15, 0.2) is 41.8 Å². The van der Waals surface area contributed by atoms with Gasteiger partial charge in [-0.1, -0.05) is 18.2 Å². The number of thiophene rings is 1. The molecule has 2 atom stereocenters. The standard InChI is InChI=1S/C16H19NO3S2/c1-16(19,14-7-4-8-21-14)11-17-15(18)13-6-3-5-12(9-13)10-22(2)20/h3-9,19H,10-11H2,1-2H3,(H,17,18). The van der Waals surface area contributed by atoms with E-state index in [1.54, 1.807) is 31.4 Å². The number of aliphatic hydroxyl groups is 1. The number of amides is 1. The van der Waals surface area contributed by atoms with Gasteiger partial charge in [0.05, 0.1) is 6.54 Å². The normalized spacial score (nSPS) is 15.0. The number of rotatable bonds is 6. The molecule has 0 bridgehead atoms. The van der Waals surface area contributed by atoms with E-state index in [1.165, 1.54) is 11.3 Å². The average molecular weight is 337 g/mol. The number of hydrogen-bond acceptors (Lipinski definition) is 4. The predicted octanol–water partition coefficient (Wildman–Crippen LogP) is 2.26. The molecule has 0 radical (unpaired) electrons. The third kappa shape index (κ3) is 4.50. The number of carbonyl (C=O) groups is 1. The maximum absolute atomic E-state index is 12.2. The molecule has 118 valence electrons. The lowest BCUT2D eigenvalue weighted by molar-refractivity contribution is 0.0557. The van der Waals surface area contributed by atoms with Gasteiger partial charge in [0.15, 0.2) is 0 Å². The fourth-order valence-electron chi connectivity index (χ4n) is 2.06. The van der Waals surface area contributed by atoms with E-state index in [2.05, 4.69) is 5.32 Å². The van der Waals surface area contributed by atoms with Gasteiger partial charge in [0.25, 0.3) is 5.91 Å². The van der Waals surface area contributed by atoms with Gasteiger partial charge in [-0.25, -0.2) is 0 Å². The van der Waals surface area contributed by atoms with Crippen molar-refractivity contribution in [2.45, 2.75) is 18.3 Å². The molecule has 0 aliphatic heterocycles. The van der Waals surface area contributed by atoms with Crippen LogP contribution in [0.1, 0.15) is 27.7 Å². The molecule has 2 unspecified atom stereocenters. The second kappa shape index (κ2) is 7.17. The largest absolute Gasteiger partial charge is 0.383 e. The van der Waals surface area contributed by atoms with Gasteiger partial charge < -0.3 is 10.4 Å². The Morgan fingerprint density at radius 2 is 2.14 bits per heavy atom. The minimum Gasteiger partial charge on any atom is -0.383 e. The fourth-order valence-corrected chi connectivity index (χ4v) is 3.50. The average Bonchev–Trinajstić information content (AvgIpc) is 2.99.